The summed E-state index contributed by atoms with van der Waals surface area (Å²) < 4.78 is 57.7. The van der Waals surface area contributed by atoms with Crippen molar-refractivity contribution < 1.29 is 26.4 Å². The van der Waals surface area contributed by atoms with Crippen molar-refractivity contribution in [1.82, 2.24) is 4.31 Å². The Kier molecular flexibility index (Phi) is 5.71. The van der Waals surface area contributed by atoms with E-state index in [1.165, 1.54) is 16.4 Å². The molecule has 4 rings (SSSR count). The first-order valence-corrected chi connectivity index (χ1v) is 13.3. The van der Waals surface area contributed by atoms with E-state index in [0.29, 0.717) is 31.7 Å². The normalized spacial score (nSPS) is 27.2. The lowest BCUT2D eigenvalue weighted by Crippen LogP contribution is -2.45. The third kappa shape index (κ3) is 4.35. The van der Waals surface area contributed by atoms with Gasteiger partial charge >= 0.3 is 0 Å². The maximum absolute atomic E-state index is 13.4. The van der Waals surface area contributed by atoms with Crippen LogP contribution >= 0.6 is 0 Å². The minimum absolute atomic E-state index is 0.00518. The number of sulfone groups is 1. The van der Waals surface area contributed by atoms with Crippen molar-refractivity contribution in [2.75, 3.05) is 36.1 Å². The summed E-state index contributed by atoms with van der Waals surface area (Å²) in [6.07, 6.45) is 3.03. The molecule has 0 aliphatic carbocycles. The van der Waals surface area contributed by atoms with Crippen LogP contribution in [0.25, 0.3) is 0 Å². The molecule has 3 heterocycles. The van der Waals surface area contributed by atoms with E-state index in [9.17, 15) is 21.6 Å². The van der Waals surface area contributed by atoms with Gasteiger partial charge in [-0.3, -0.25) is 4.79 Å². The van der Waals surface area contributed by atoms with Gasteiger partial charge in [-0.05, 0) is 49.9 Å². The highest BCUT2D eigenvalue weighted by Crippen LogP contribution is 2.29. The number of rotatable bonds is 6. The van der Waals surface area contributed by atoms with E-state index < -0.39 is 25.9 Å². The third-order valence-electron chi connectivity index (χ3n) is 5.85. The lowest BCUT2D eigenvalue weighted by atomic mass is 10.2. The molecular weight excluding hydrogens is 416 g/mol. The van der Waals surface area contributed by atoms with Gasteiger partial charge in [0, 0.05) is 37.8 Å². The van der Waals surface area contributed by atoms with Gasteiger partial charge in [-0.25, -0.2) is 16.8 Å². The number of sulfonamides is 1. The van der Waals surface area contributed by atoms with Crippen LogP contribution in [0, 0.1) is 0 Å². The Bertz CT molecular complexity index is 968. The summed E-state index contributed by atoms with van der Waals surface area (Å²) >= 11 is 0. The summed E-state index contributed by atoms with van der Waals surface area (Å²) in [7, 11) is -7.12. The second-order valence-electron chi connectivity index (χ2n) is 7.91. The van der Waals surface area contributed by atoms with Crippen LogP contribution in [0.2, 0.25) is 0 Å². The number of hydrogen-bond donors (Lipinski definition) is 0. The summed E-state index contributed by atoms with van der Waals surface area (Å²) in [5.41, 5.74) is 0.681. The molecule has 1 aromatic rings. The zero-order chi connectivity index (χ0) is 20.6. The molecule has 8 nitrogen and oxygen atoms in total. The molecule has 0 N–H and O–H groups in total. The molecule has 3 fully saturated rings. The van der Waals surface area contributed by atoms with Crippen LogP contribution in [0.1, 0.15) is 32.1 Å². The van der Waals surface area contributed by atoms with Gasteiger partial charge in [-0.1, -0.05) is 0 Å². The van der Waals surface area contributed by atoms with Crippen molar-refractivity contribution in [1.29, 1.82) is 0 Å². The van der Waals surface area contributed by atoms with Gasteiger partial charge in [0.05, 0.1) is 22.5 Å². The number of nitrogens with zero attached hydrogens (tertiary/aromatic N) is 2. The first kappa shape index (κ1) is 20.8. The van der Waals surface area contributed by atoms with Crippen LogP contribution in [-0.2, 0) is 29.4 Å². The molecule has 0 unspecified atom stereocenters. The lowest BCUT2D eigenvalue weighted by molar-refractivity contribution is -0.117. The quantitative estimate of drug-likeness (QED) is 0.656. The highest BCUT2D eigenvalue weighted by molar-refractivity contribution is 7.92. The Morgan fingerprint density at radius 2 is 1.90 bits per heavy atom. The monoisotopic (exact) mass is 442 g/mol. The van der Waals surface area contributed by atoms with Crippen molar-refractivity contribution >= 4 is 31.5 Å². The molecule has 3 aliphatic heterocycles. The zero-order valence-electron chi connectivity index (χ0n) is 16.2. The second-order valence-corrected chi connectivity index (χ2v) is 12.0. The minimum Gasteiger partial charge on any atom is -0.377 e. The van der Waals surface area contributed by atoms with Crippen LogP contribution in [0.5, 0.6) is 0 Å². The fourth-order valence-corrected chi connectivity index (χ4v) is 7.80. The van der Waals surface area contributed by atoms with Gasteiger partial charge < -0.3 is 9.64 Å². The van der Waals surface area contributed by atoms with Gasteiger partial charge in [-0.15, -0.1) is 0 Å². The number of anilines is 1. The van der Waals surface area contributed by atoms with Crippen molar-refractivity contribution in [3.8, 4) is 0 Å². The summed E-state index contributed by atoms with van der Waals surface area (Å²) in [6, 6.07) is 5.72. The van der Waals surface area contributed by atoms with E-state index in [1.807, 2.05) is 0 Å². The van der Waals surface area contributed by atoms with E-state index in [0.717, 1.165) is 19.3 Å². The summed E-state index contributed by atoms with van der Waals surface area (Å²) in [5.74, 6) is -0.110. The summed E-state index contributed by atoms with van der Waals surface area (Å²) in [4.78, 5) is 13.7. The number of carbonyl (C=O) groups is 1. The number of amides is 1. The highest BCUT2D eigenvalue weighted by atomic mass is 32.2. The number of carbonyl (C=O) groups excluding carboxylic acids is 1. The fourth-order valence-electron chi connectivity index (χ4n) is 4.29. The van der Waals surface area contributed by atoms with Gasteiger partial charge in [0.2, 0.25) is 15.9 Å². The van der Waals surface area contributed by atoms with Gasteiger partial charge in [0.15, 0.2) is 9.84 Å². The molecule has 160 valence electrons. The van der Waals surface area contributed by atoms with E-state index in [2.05, 4.69) is 0 Å². The summed E-state index contributed by atoms with van der Waals surface area (Å²) in [5, 5.41) is 0. The predicted octanol–water partition coefficient (Wildman–Crippen LogP) is 1.17. The molecule has 3 aliphatic rings. The van der Waals surface area contributed by atoms with E-state index in [1.54, 1.807) is 17.0 Å². The molecule has 1 amide bonds. The van der Waals surface area contributed by atoms with Crippen molar-refractivity contribution in [3.05, 3.63) is 24.3 Å². The fraction of sp³-hybridized carbons (Fsp3) is 0.632. The molecule has 0 aromatic heterocycles. The molecular formula is C19H26N2O6S2. The van der Waals surface area contributed by atoms with E-state index >= 15 is 0 Å². The van der Waals surface area contributed by atoms with Crippen molar-refractivity contribution in [3.63, 3.8) is 0 Å². The van der Waals surface area contributed by atoms with Crippen LogP contribution in [0.15, 0.2) is 29.2 Å². The summed E-state index contributed by atoms with van der Waals surface area (Å²) in [6.45, 7) is 1.39. The smallest absolute Gasteiger partial charge is 0.243 e. The van der Waals surface area contributed by atoms with Crippen LogP contribution in [0.4, 0.5) is 5.69 Å². The first-order chi connectivity index (χ1) is 13.8. The molecule has 29 heavy (non-hydrogen) atoms. The number of hydrogen-bond acceptors (Lipinski definition) is 6. The Labute approximate surface area is 171 Å². The molecule has 3 saturated heterocycles. The van der Waals surface area contributed by atoms with Crippen LogP contribution in [-0.4, -0.2) is 70.4 Å². The Balaban J connectivity index is 1.60. The third-order valence-corrected chi connectivity index (χ3v) is 9.53. The number of ether oxygens (including phenoxy) is 1. The Morgan fingerprint density at radius 1 is 1.14 bits per heavy atom. The molecule has 0 saturated carbocycles. The molecule has 2 atom stereocenters. The van der Waals surface area contributed by atoms with E-state index in [4.69, 9.17) is 4.74 Å². The lowest BCUT2D eigenvalue weighted by Gasteiger charge is -2.29. The molecule has 0 radical (unpaired) electrons. The van der Waals surface area contributed by atoms with Gasteiger partial charge in [-0.2, -0.15) is 4.31 Å². The topological polar surface area (TPSA) is 101 Å². The van der Waals surface area contributed by atoms with Crippen molar-refractivity contribution in [2.45, 2.75) is 49.1 Å². The molecule has 1 aromatic carbocycles. The average Bonchev–Trinajstić information content (AvgIpc) is 3.41. The second kappa shape index (κ2) is 7.98. The maximum atomic E-state index is 13.4. The van der Waals surface area contributed by atoms with Gasteiger partial charge in [0.1, 0.15) is 0 Å². The number of benzene rings is 1. The average molecular weight is 443 g/mol. The SMILES string of the molecule is O=C1CCCN1c1ccc(S(=O)(=O)N(C[C@@H]2CCCO2)[C@H]2CCS(=O)(=O)C2)cc1. The predicted molar refractivity (Wildman–Crippen MR) is 108 cm³/mol. The maximum Gasteiger partial charge on any atom is 0.243 e. The van der Waals surface area contributed by atoms with Crippen LogP contribution < -0.4 is 4.90 Å². The Morgan fingerprint density at radius 3 is 2.45 bits per heavy atom. The minimum atomic E-state index is -3.89. The standard InChI is InChI=1S/C19H26N2O6S2/c22-19-4-1-10-20(19)15-5-7-18(8-6-15)29(25,26)21(13-17-3-2-11-27-17)16-9-12-28(23,24)14-16/h5-8,16-17H,1-4,9-14H2/t16-,17-/m0/s1. The zero-order valence-corrected chi connectivity index (χ0v) is 17.8. The molecule has 0 bridgehead atoms. The molecule has 10 heteroatoms. The first-order valence-electron chi connectivity index (χ1n) is 10.0. The van der Waals surface area contributed by atoms with E-state index in [-0.39, 0.29) is 35.0 Å². The van der Waals surface area contributed by atoms with Crippen molar-refractivity contribution in [2.24, 2.45) is 0 Å². The highest BCUT2D eigenvalue weighted by Gasteiger charge is 2.40. The van der Waals surface area contributed by atoms with Crippen LogP contribution in [0.3, 0.4) is 0 Å². The van der Waals surface area contributed by atoms with Gasteiger partial charge in [0.25, 0.3) is 0 Å². The molecule has 0 spiro atoms. The Hall–Kier alpha value is -1.49. The largest absolute Gasteiger partial charge is 0.377 e.